The maximum atomic E-state index is 13.9. The molecule has 0 aromatic heterocycles. The molecule has 0 bridgehead atoms. The van der Waals surface area contributed by atoms with E-state index in [-0.39, 0.29) is 37.3 Å². The van der Waals surface area contributed by atoms with Gasteiger partial charge in [0.25, 0.3) is 5.91 Å². The monoisotopic (exact) mass is 446 g/mol. The first kappa shape index (κ1) is 21.8. The molecule has 0 unspecified atom stereocenters. The van der Waals surface area contributed by atoms with E-state index in [9.17, 15) is 28.3 Å². The van der Waals surface area contributed by atoms with E-state index in [1.165, 1.54) is 24.3 Å². The molecule has 32 heavy (non-hydrogen) atoms. The number of rotatable bonds is 5. The second-order valence-electron chi connectivity index (χ2n) is 7.47. The highest BCUT2D eigenvalue weighted by Crippen LogP contribution is 2.36. The molecule has 2 amide bonds. The van der Waals surface area contributed by atoms with Crippen LogP contribution in [0, 0.1) is 11.6 Å². The first-order valence-electron chi connectivity index (χ1n) is 9.94. The number of carboxylic acid groups (broad SMARTS) is 1. The fourth-order valence-corrected chi connectivity index (χ4v) is 4.02. The number of hydrogen-bond acceptors (Lipinski definition) is 5. The zero-order chi connectivity index (χ0) is 22.9. The molecular formula is C22H20F2N2O6. The largest absolute Gasteiger partial charge is 0.480 e. The average molecular weight is 446 g/mol. The van der Waals surface area contributed by atoms with E-state index in [4.69, 9.17) is 9.47 Å². The molecule has 2 aromatic carbocycles. The molecule has 4 rings (SSSR count). The van der Waals surface area contributed by atoms with Crippen molar-refractivity contribution >= 4 is 17.8 Å². The Balaban J connectivity index is 1.40. The summed E-state index contributed by atoms with van der Waals surface area (Å²) in [6.45, 7) is 0.203. The van der Waals surface area contributed by atoms with Gasteiger partial charge >= 0.3 is 5.97 Å². The van der Waals surface area contributed by atoms with Gasteiger partial charge in [0.2, 0.25) is 11.7 Å². The summed E-state index contributed by atoms with van der Waals surface area (Å²) in [6.07, 6.45) is 0.224. The molecule has 0 saturated carbocycles. The molecule has 8 nitrogen and oxygen atoms in total. The normalized spacial score (nSPS) is 19.3. The molecule has 2 N–H and O–H groups in total. The predicted molar refractivity (Wildman–Crippen MR) is 107 cm³/mol. The van der Waals surface area contributed by atoms with Crippen LogP contribution in [0.5, 0.6) is 0 Å². The fourth-order valence-electron chi connectivity index (χ4n) is 4.02. The van der Waals surface area contributed by atoms with E-state index in [1.54, 1.807) is 0 Å². The molecule has 10 heteroatoms. The van der Waals surface area contributed by atoms with Gasteiger partial charge in [-0.2, -0.15) is 0 Å². The lowest BCUT2D eigenvalue weighted by molar-refractivity contribution is -0.191. The molecule has 1 atom stereocenters. The summed E-state index contributed by atoms with van der Waals surface area (Å²) in [4.78, 5) is 37.9. The maximum absolute atomic E-state index is 13.9. The lowest BCUT2D eigenvalue weighted by Gasteiger charge is -2.30. The van der Waals surface area contributed by atoms with Crippen LogP contribution in [0.15, 0.2) is 42.5 Å². The number of carbonyl (C=O) groups excluding carboxylic acids is 2. The van der Waals surface area contributed by atoms with Crippen LogP contribution in [0.4, 0.5) is 8.78 Å². The van der Waals surface area contributed by atoms with Crippen LogP contribution >= 0.6 is 0 Å². The van der Waals surface area contributed by atoms with E-state index >= 15 is 0 Å². The van der Waals surface area contributed by atoms with Crippen molar-refractivity contribution in [2.45, 2.75) is 18.2 Å². The SMILES string of the molecule is O=C(NCC(=O)N1CCC2(OCCO2)[C@H]1C(=O)O)c1ccc(-c2cc(F)ccc2F)cc1. The standard InChI is InChI=1S/C22H20F2N2O6/c23-15-5-6-17(24)16(11-15)13-1-3-14(4-2-13)20(28)25-12-18(27)26-8-7-22(19(26)21(29)30)31-9-10-32-22/h1-6,11,19H,7-10,12H2,(H,25,28)(H,29,30)/t19-/m1/s1. The van der Waals surface area contributed by atoms with Crippen molar-refractivity contribution < 1.29 is 37.7 Å². The summed E-state index contributed by atoms with van der Waals surface area (Å²) in [5.74, 6) is -4.93. The molecule has 2 saturated heterocycles. The minimum atomic E-state index is -1.35. The highest BCUT2D eigenvalue weighted by atomic mass is 19.1. The quantitative estimate of drug-likeness (QED) is 0.726. The van der Waals surface area contributed by atoms with E-state index in [0.29, 0.717) is 5.56 Å². The highest BCUT2D eigenvalue weighted by molar-refractivity contribution is 5.97. The molecule has 0 radical (unpaired) electrons. The van der Waals surface area contributed by atoms with Crippen LogP contribution in [0.3, 0.4) is 0 Å². The summed E-state index contributed by atoms with van der Waals surface area (Å²) >= 11 is 0. The molecule has 2 fully saturated rings. The number of hydrogen-bond donors (Lipinski definition) is 2. The van der Waals surface area contributed by atoms with Crippen LogP contribution < -0.4 is 5.32 Å². The Kier molecular flexibility index (Phi) is 5.90. The van der Waals surface area contributed by atoms with Gasteiger partial charge in [0, 0.05) is 24.1 Å². The van der Waals surface area contributed by atoms with Crippen molar-refractivity contribution in [3.63, 3.8) is 0 Å². The van der Waals surface area contributed by atoms with Crippen molar-refractivity contribution in [1.29, 1.82) is 0 Å². The van der Waals surface area contributed by atoms with E-state index < -0.39 is 47.8 Å². The second-order valence-corrected chi connectivity index (χ2v) is 7.47. The maximum Gasteiger partial charge on any atom is 0.332 e. The van der Waals surface area contributed by atoms with Gasteiger partial charge in [-0.05, 0) is 35.9 Å². The number of carbonyl (C=O) groups is 3. The van der Waals surface area contributed by atoms with Crippen molar-refractivity contribution in [2.75, 3.05) is 26.3 Å². The van der Waals surface area contributed by atoms with Crippen LogP contribution in [-0.4, -0.2) is 65.9 Å². The summed E-state index contributed by atoms with van der Waals surface area (Å²) in [5, 5.41) is 12.0. The first-order chi connectivity index (χ1) is 15.3. The van der Waals surface area contributed by atoms with Crippen LogP contribution in [-0.2, 0) is 19.1 Å². The number of likely N-dealkylation sites (tertiary alicyclic amines) is 1. The Morgan fingerprint density at radius 3 is 2.44 bits per heavy atom. The van der Waals surface area contributed by atoms with Crippen LogP contribution in [0.25, 0.3) is 11.1 Å². The average Bonchev–Trinajstić information content (AvgIpc) is 3.41. The number of nitrogens with zero attached hydrogens (tertiary/aromatic N) is 1. The molecule has 168 valence electrons. The van der Waals surface area contributed by atoms with E-state index in [2.05, 4.69) is 5.32 Å². The molecular weight excluding hydrogens is 426 g/mol. The summed E-state index contributed by atoms with van der Waals surface area (Å²) in [5.41, 5.74) is 0.650. The van der Waals surface area contributed by atoms with Crippen molar-refractivity contribution in [1.82, 2.24) is 10.2 Å². The third-order valence-corrected chi connectivity index (χ3v) is 5.55. The molecule has 1 spiro atoms. The molecule has 2 heterocycles. The van der Waals surface area contributed by atoms with Crippen molar-refractivity contribution in [3.8, 4) is 11.1 Å². The molecule has 2 aliphatic rings. The smallest absolute Gasteiger partial charge is 0.332 e. The van der Waals surface area contributed by atoms with Gasteiger partial charge in [-0.25, -0.2) is 13.6 Å². The van der Waals surface area contributed by atoms with E-state index in [0.717, 1.165) is 23.1 Å². The minimum Gasteiger partial charge on any atom is -0.480 e. The number of carboxylic acids is 1. The van der Waals surface area contributed by atoms with Crippen LogP contribution in [0.1, 0.15) is 16.8 Å². The third kappa shape index (κ3) is 4.06. The number of ether oxygens (including phenoxy) is 2. The molecule has 2 aliphatic heterocycles. The number of halogens is 2. The Morgan fingerprint density at radius 1 is 1.09 bits per heavy atom. The van der Waals surface area contributed by atoms with Crippen molar-refractivity contribution in [3.05, 3.63) is 59.7 Å². The van der Waals surface area contributed by atoms with Gasteiger partial charge < -0.3 is 24.8 Å². The highest BCUT2D eigenvalue weighted by Gasteiger charge is 2.57. The molecule has 0 aliphatic carbocycles. The van der Waals surface area contributed by atoms with Gasteiger partial charge in [-0.3, -0.25) is 9.59 Å². The number of amides is 2. The van der Waals surface area contributed by atoms with Gasteiger partial charge in [-0.1, -0.05) is 12.1 Å². The number of nitrogens with one attached hydrogen (secondary N) is 1. The lowest BCUT2D eigenvalue weighted by atomic mass is 10.0. The molecule has 2 aromatic rings. The minimum absolute atomic E-state index is 0.0613. The summed E-state index contributed by atoms with van der Waals surface area (Å²) in [7, 11) is 0. The lowest BCUT2D eigenvalue weighted by Crippen LogP contribution is -2.54. The van der Waals surface area contributed by atoms with Gasteiger partial charge in [-0.15, -0.1) is 0 Å². The van der Waals surface area contributed by atoms with Crippen molar-refractivity contribution in [2.24, 2.45) is 0 Å². The topological polar surface area (TPSA) is 105 Å². The van der Waals surface area contributed by atoms with Gasteiger partial charge in [0.1, 0.15) is 11.6 Å². The second kappa shape index (κ2) is 8.64. The van der Waals surface area contributed by atoms with Gasteiger partial charge in [0.15, 0.2) is 6.04 Å². The van der Waals surface area contributed by atoms with E-state index in [1.807, 2.05) is 0 Å². The zero-order valence-corrected chi connectivity index (χ0v) is 16.8. The summed E-state index contributed by atoms with van der Waals surface area (Å²) in [6, 6.07) is 7.57. The predicted octanol–water partition coefficient (Wildman–Crippen LogP) is 1.79. The summed E-state index contributed by atoms with van der Waals surface area (Å²) < 4.78 is 38.3. The number of aliphatic carboxylic acids is 1. The Labute approximate surface area is 181 Å². The Bertz CT molecular complexity index is 1050. The third-order valence-electron chi connectivity index (χ3n) is 5.55. The zero-order valence-electron chi connectivity index (χ0n) is 16.8. The fraction of sp³-hybridized carbons (Fsp3) is 0.318. The Hall–Kier alpha value is -3.37. The first-order valence-corrected chi connectivity index (χ1v) is 9.94. The van der Waals surface area contributed by atoms with Gasteiger partial charge in [0.05, 0.1) is 19.8 Å². The Morgan fingerprint density at radius 2 is 1.78 bits per heavy atom. The van der Waals surface area contributed by atoms with Crippen LogP contribution in [0.2, 0.25) is 0 Å². The number of benzene rings is 2.